The van der Waals surface area contributed by atoms with Crippen LogP contribution in [0.25, 0.3) is 5.57 Å². The van der Waals surface area contributed by atoms with Gasteiger partial charge in [-0.15, -0.1) is 0 Å². The summed E-state index contributed by atoms with van der Waals surface area (Å²) in [6.45, 7) is 2.95. The Morgan fingerprint density at radius 2 is 2.15 bits per heavy atom. The maximum Gasteiger partial charge on any atom is 0.409 e. The van der Waals surface area contributed by atoms with Crippen molar-refractivity contribution >= 4 is 23.3 Å². The lowest BCUT2D eigenvalue weighted by Crippen LogP contribution is -2.37. The van der Waals surface area contributed by atoms with E-state index in [1.54, 1.807) is 24.0 Å². The monoisotopic (exact) mass is 387 g/mol. The van der Waals surface area contributed by atoms with Crippen LogP contribution in [0.4, 0.5) is 4.79 Å². The molecule has 4 nitrogen and oxygen atoms in total. The lowest BCUT2D eigenvalue weighted by Gasteiger charge is -2.29. The van der Waals surface area contributed by atoms with E-state index in [4.69, 9.17) is 23.2 Å². The van der Waals surface area contributed by atoms with Gasteiger partial charge in [0.1, 0.15) is 0 Å². The van der Waals surface area contributed by atoms with Crippen LogP contribution < -0.4 is 0 Å². The number of benzene rings is 1. The number of amides is 1. The summed E-state index contributed by atoms with van der Waals surface area (Å²) < 4.78 is 47.2. The number of aromatic nitrogens is 1. The molecule has 5 heteroatoms. The average molecular weight is 388 g/mol. The summed E-state index contributed by atoms with van der Waals surface area (Å²) in [6, 6.07) is 4.58. The second kappa shape index (κ2) is 7.73. The van der Waals surface area contributed by atoms with Crippen molar-refractivity contribution in [1.82, 2.24) is 9.88 Å². The number of halogens is 1. The largest absolute Gasteiger partial charge is 0.450 e. The normalized spacial score (nSPS) is 21.0. The fourth-order valence-electron chi connectivity index (χ4n) is 3.64. The third-order valence-corrected chi connectivity index (χ3v) is 5.16. The number of aryl methyl sites for hydroxylation is 1. The van der Waals surface area contributed by atoms with Crippen molar-refractivity contribution in [3.8, 4) is 0 Å². The molecule has 1 aliphatic heterocycles. The van der Waals surface area contributed by atoms with Crippen LogP contribution in [0.3, 0.4) is 0 Å². The Morgan fingerprint density at radius 1 is 1.33 bits per heavy atom. The van der Waals surface area contributed by atoms with E-state index in [1.165, 1.54) is 0 Å². The van der Waals surface area contributed by atoms with E-state index in [0.717, 1.165) is 11.1 Å². The van der Waals surface area contributed by atoms with E-state index in [9.17, 15) is 4.79 Å². The number of nitrogens with zero attached hydrogens (tertiary/aromatic N) is 2. The molecular formula is C22H23ClN2O2. The molecule has 1 aromatic carbocycles. The van der Waals surface area contributed by atoms with E-state index in [1.807, 2.05) is 6.07 Å². The van der Waals surface area contributed by atoms with Gasteiger partial charge in [-0.2, -0.15) is 0 Å². The minimum atomic E-state index is -1.96. The summed E-state index contributed by atoms with van der Waals surface area (Å²) in [7, 11) is 0. The summed E-state index contributed by atoms with van der Waals surface area (Å²) in [4.78, 5) is 18.1. The quantitative estimate of drug-likeness (QED) is 0.699. The summed E-state index contributed by atoms with van der Waals surface area (Å²) in [5, 5.41) is 0.480. The van der Waals surface area contributed by atoms with Gasteiger partial charge in [0.15, 0.2) is 0 Å². The van der Waals surface area contributed by atoms with Crippen LogP contribution >= 0.6 is 11.6 Å². The Morgan fingerprint density at radius 3 is 2.93 bits per heavy atom. The molecule has 2 aromatic rings. The Bertz CT molecular complexity index is 1130. The maximum atomic E-state index is 12.1. The van der Waals surface area contributed by atoms with Gasteiger partial charge in [-0.25, -0.2) is 4.79 Å². The molecule has 0 saturated carbocycles. The van der Waals surface area contributed by atoms with Gasteiger partial charge in [0.05, 0.1) is 16.4 Å². The first-order valence-electron chi connectivity index (χ1n) is 11.5. The molecule has 0 N–H and O–H groups in total. The molecular weight excluding hydrogens is 360 g/mol. The molecule has 0 bridgehead atoms. The topological polar surface area (TPSA) is 42.4 Å². The third-order valence-electron chi connectivity index (χ3n) is 4.92. The molecule has 1 aliphatic carbocycles. The number of rotatable bonds is 1. The lowest BCUT2D eigenvalue weighted by atomic mass is 9.88. The highest BCUT2D eigenvalue weighted by Gasteiger charge is 2.26. The zero-order valence-corrected chi connectivity index (χ0v) is 15.8. The first kappa shape index (κ1) is 12.9. The van der Waals surface area contributed by atoms with Crippen molar-refractivity contribution in [2.45, 2.75) is 32.6 Å². The molecule has 1 aromatic heterocycles. The van der Waals surface area contributed by atoms with Crippen molar-refractivity contribution in [1.29, 1.82) is 0 Å². The number of carbonyl (C=O) groups excluding carboxylic acids is 1. The van der Waals surface area contributed by atoms with Crippen molar-refractivity contribution in [2.75, 3.05) is 19.7 Å². The number of carbonyl (C=O) groups is 1. The van der Waals surface area contributed by atoms with E-state index >= 15 is 0 Å². The summed E-state index contributed by atoms with van der Waals surface area (Å²) in [5.74, 6) is 0. The van der Waals surface area contributed by atoms with E-state index in [0.29, 0.717) is 48.7 Å². The number of piperidine rings is 1. The zero-order valence-electron chi connectivity index (χ0n) is 20.1. The van der Waals surface area contributed by atoms with E-state index < -0.39 is 12.4 Å². The Hall–Kier alpha value is -2.33. The molecule has 1 amide bonds. The van der Waals surface area contributed by atoms with Crippen molar-refractivity contribution < 1.29 is 16.4 Å². The number of hydrogen-bond donors (Lipinski definition) is 0. The first-order chi connectivity index (χ1) is 15.1. The lowest BCUT2D eigenvalue weighted by molar-refractivity contribution is 0.104. The van der Waals surface area contributed by atoms with Crippen LogP contribution in [0.1, 0.15) is 49.0 Å². The van der Waals surface area contributed by atoms with Crippen LogP contribution in [0, 0.1) is 0 Å². The molecule has 0 spiro atoms. The second-order valence-electron chi connectivity index (χ2n) is 6.52. The molecule has 140 valence electrons. The molecule has 2 aliphatic rings. The van der Waals surface area contributed by atoms with Gasteiger partial charge in [0, 0.05) is 32.6 Å². The molecule has 2 heterocycles. The first-order valence-corrected chi connectivity index (χ1v) is 9.43. The highest BCUT2D eigenvalue weighted by molar-refractivity contribution is 6.30. The molecule has 4 rings (SSSR count). The van der Waals surface area contributed by atoms with Gasteiger partial charge in [-0.1, -0.05) is 29.3 Å². The molecule has 27 heavy (non-hydrogen) atoms. The standard InChI is InChI=1S/C22H23ClN2O2/c1-2-27-22(26)25-12-9-15(10-13-25)20-19-8-7-18(23)14-17(19)6-5-16-4-3-11-24-21(16)20/h3-4,7-8,11,14H,2,5-6,9-10,12-13H2,1H3/i3D,4D,5D2,11D. The molecule has 1 saturated heterocycles. The number of likely N-dealkylation sites (tertiary alicyclic amines) is 1. The molecule has 0 atom stereocenters. The average Bonchev–Trinajstić information content (AvgIpc) is 2.83. The summed E-state index contributed by atoms with van der Waals surface area (Å²) in [6.07, 6.45) is -1.64. The maximum absolute atomic E-state index is 12.1. The fraction of sp³-hybridized carbons (Fsp3) is 0.364. The SMILES string of the molecule is [2H]c1nc2c(c([2H])c1[2H])C([2H])([2H])Cc1cc(Cl)ccc1C2=C1CCN(C(=O)OCC)CC1. The molecule has 1 fully saturated rings. The van der Waals surface area contributed by atoms with E-state index in [-0.39, 0.29) is 36.0 Å². The van der Waals surface area contributed by atoms with Crippen LogP contribution in [0.5, 0.6) is 0 Å². The smallest absolute Gasteiger partial charge is 0.409 e. The highest BCUT2D eigenvalue weighted by Crippen LogP contribution is 2.38. The van der Waals surface area contributed by atoms with Gasteiger partial charge in [-0.05, 0) is 67.4 Å². The second-order valence-corrected chi connectivity index (χ2v) is 6.95. The molecule has 0 radical (unpaired) electrons. The Balaban J connectivity index is 1.93. The Kier molecular flexibility index (Phi) is 3.71. The number of fused-ring (bicyclic) bond motifs is 2. The van der Waals surface area contributed by atoms with Gasteiger partial charge in [-0.3, -0.25) is 4.98 Å². The van der Waals surface area contributed by atoms with Crippen LogP contribution in [-0.2, 0) is 17.5 Å². The van der Waals surface area contributed by atoms with Gasteiger partial charge in [0.2, 0.25) is 0 Å². The van der Waals surface area contributed by atoms with Crippen LogP contribution in [-0.4, -0.2) is 35.7 Å². The number of hydrogen-bond acceptors (Lipinski definition) is 3. The molecule has 0 unspecified atom stereocenters. The van der Waals surface area contributed by atoms with Gasteiger partial charge >= 0.3 is 6.09 Å². The van der Waals surface area contributed by atoms with Crippen molar-refractivity contribution in [3.63, 3.8) is 0 Å². The number of ether oxygens (including phenoxy) is 1. The van der Waals surface area contributed by atoms with E-state index in [2.05, 4.69) is 4.98 Å². The minimum Gasteiger partial charge on any atom is -0.450 e. The van der Waals surface area contributed by atoms with Gasteiger partial charge in [0.25, 0.3) is 0 Å². The number of pyridine rings is 1. The zero-order chi connectivity index (χ0) is 23.2. The predicted molar refractivity (Wildman–Crippen MR) is 107 cm³/mol. The summed E-state index contributed by atoms with van der Waals surface area (Å²) in [5.41, 5.74) is 3.37. The Labute approximate surface area is 171 Å². The fourth-order valence-corrected chi connectivity index (χ4v) is 3.84. The summed E-state index contributed by atoms with van der Waals surface area (Å²) >= 11 is 6.22. The highest BCUT2D eigenvalue weighted by atomic mass is 35.5. The predicted octanol–water partition coefficient (Wildman–Crippen LogP) is 4.89. The van der Waals surface area contributed by atoms with Gasteiger partial charge < -0.3 is 9.64 Å². The van der Waals surface area contributed by atoms with Crippen LogP contribution in [0.15, 0.2) is 42.0 Å². The van der Waals surface area contributed by atoms with Crippen molar-refractivity contribution in [2.24, 2.45) is 0 Å². The van der Waals surface area contributed by atoms with Crippen LogP contribution in [0.2, 0.25) is 5.02 Å². The third kappa shape index (κ3) is 3.59. The van der Waals surface area contributed by atoms with Crippen molar-refractivity contribution in [3.05, 3.63) is 69.4 Å². The minimum absolute atomic E-state index is 0.0219.